The molecule has 0 saturated heterocycles. The Morgan fingerprint density at radius 1 is 1.19 bits per heavy atom. The van der Waals surface area contributed by atoms with E-state index < -0.39 is 5.91 Å². The van der Waals surface area contributed by atoms with Crippen LogP contribution in [0.1, 0.15) is 32.9 Å². The average Bonchev–Trinajstić information content (AvgIpc) is 3.34. The summed E-state index contributed by atoms with van der Waals surface area (Å²) in [6, 6.07) is 13.7. The number of rotatable bonds is 7. The van der Waals surface area contributed by atoms with E-state index in [-0.39, 0.29) is 24.1 Å². The topological polar surface area (TPSA) is 95.1 Å². The van der Waals surface area contributed by atoms with E-state index in [0.717, 1.165) is 11.1 Å². The number of aromatic nitrogens is 4. The smallest absolute Gasteiger partial charge is 0.280 e. The van der Waals surface area contributed by atoms with E-state index in [4.69, 9.17) is 9.26 Å². The van der Waals surface area contributed by atoms with Crippen LogP contribution in [0, 0.1) is 19.7 Å². The molecule has 0 aliphatic carbocycles. The van der Waals surface area contributed by atoms with Crippen molar-refractivity contribution < 1.29 is 18.4 Å². The van der Waals surface area contributed by atoms with Gasteiger partial charge in [-0.25, -0.2) is 14.1 Å². The Bertz CT molecular complexity index is 1200. The Morgan fingerprint density at radius 2 is 2.00 bits per heavy atom. The third-order valence-electron chi connectivity index (χ3n) is 4.59. The third kappa shape index (κ3) is 4.95. The summed E-state index contributed by atoms with van der Waals surface area (Å²) in [5.74, 6) is 0.499. The molecule has 0 radical (unpaired) electrons. The van der Waals surface area contributed by atoms with Gasteiger partial charge < -0.3 is 9.26 Å². The summed E-state index contributed by atoms with van der Waals surface area (Å²) < 4.78 is 25.6. The molecule has 0 fully saturated rings. The Labute approximate surface area is 177 Å². The molecule has 1 amide bonds. The number of hydrogen-bond acceptors (Lipinski definition) is 6. The molecule has 8 nitrogen and oxygen atoms in total. The molecule has 9 heteroatoms. The van der Waals surface area contributed by atoms with Crippen LogP contribution in [0.25, 0.3) is 0 Å². The lowest BCUT2D eigenvalue weighted by Crippen LogP contribution is -2.16. The Balaban J connectivity index is 1.42. The molecular weight excluding hydrogens is 401 g/mol. The minimum Gasteiger partial charge on any atom is -0.489 e. The number of nitrogens with one attached hydrogen (secondary N) is 1. The SMILES string of the molecule is Cc1cccc(OCc2c(C(=O)Nc3ncn(Cc4ccc(F)cc4)n3)noc2C)c1. The van der Waals surface area contributed by atoms with Crippen molar-refractivity contribution in [3.05, 3.63) is 88.8 Å². The standard InChI is InChI=1S/C22H20FN5O3/c1-14-4-3-5-18(10-14)30-12-19-15(2)31-27-20(19)21(29)25-22-24-13-28(26-22)11-16-6-8-17(23)9-7-16/h3-10,13H,11-12H2,1-2H3,(H,25,26,29). The highest BCUT2D eigenvalue weighted by molar-refractivity contribution is 6.02. The summed E-state index contributed by atoms with van der Waals surface area (Å²) in [5.41, 5.74) is 2.58. The Hall–Kier alpha value is -4.01. The molecule has 0 saturated carbocycles. The van der Waals surface area contributed by atoms with Gasteiger partial charge in [0.25, 0.3) is 5.91 Å². The fraction of sp³-hybridized carbons (Fsp3) is 0.182. The number of anilines is 1. The predicted octanol–water partition coefficient (Wildman–Crippen LogP) is 3.90. The first-order chi connectivity index (χ1) is 15.0. The summed E-state index contributed by atoms with van der Waals surface area (Å²) in [6.45, 7) is 4.21. The molecule has 0 aliphatic heterocycles. The van der Waals surface area contributed by atoms with Crippen molar-refractivity contribution in [3.63, 3.8) is 0 Å². The molecule has 1 N–H and O–H groups in total. The number of amides is 1. The summed E-state index contributed by atoms with van der Waals surface area (Å²) in [7, 11) is 0. The van der Waals surface area contributed by atoms with Crippen LogP contribution in [-0.2, 0) is 13.2 Å². The number of nitrogens with zero attached hydrogens (tertiary/aromatic N) is 4. The molecule has 31 heavy (non-hydrogen) atoms. The van der Waals surface area contributed by atoms with E-state index in [0.29, 0.717) is 23.6 Å². The second-order valence-corrected chi connectivity index (χ2v) is 7.02. The number of ether oxygens (including phenoxy) is 1. The van der Waals surface area contributed by atoms with Crippen molar-refractivity contribution in [1.82, 2.24) is 19.9 Å². The second-order valence-electron chi connectivity index (χ2n) is 7.02. The first-order valence-electron chi connectivity index (χ1n) is 9.58. The summed E-state index contributed by atoms with van der Waals surface area (Å²) >= 11 is 0. The van der Waals surface area contributed by atoms with Crippen molar-refractivity contribution in [2.24, 2.45) is 0 Å². The quantitative estimate of drug-likeness (QED) is 0.486. The fourth-order valence-electron chi connectivity index (χ4n) is 2.97. The lowest BCUT2D eigenvalue weighted by Gasteiger charge is -2.07. The molecule has 0 atom stereocenters. The normalized spacial score (nSPS) is 10.8. The van der Waals surface area contributed by atoms with Gasteiger partial charge in [-0.05, 0) is 49.2 Å². The van der Waals surface area contributed by atoms with Gasteiger partial charge in [-0.3, -0.25) is 10.1 Å². The van der Waals surface area contributed by atoms with Gasteiger partial charge in [0.2, 0.25) is 5.95 Å². The molecular formula is C22H20FN5O3. The van der Waals surface area contributed by atoms with Crippen LogP contribution in [0.15, 0.2) is 59.4 Å². The van der Waals surface area contributed by atoms with Gasteiger partial charge in [-0.2, -0.15) is 0 Å². The Kier molecular flexibility index (Phi) is 5.74. The van der Waals surface area contributed by atoms with E-state index in [1.165, 1.54) is 18.5 Å². The van der Waals surface area contributed by atoms with Crippen LogP contribution < -0.4 is 10.1 Å². The number of benzene rings is 2. The van der Waals surface area contributed by atoms with E-state index in [1.807, 2.05) is 31.2 Å². The zero-order chi connectivity index (χ0) is 21.8. The molecule has 0 unspecified atom stereocenters. The maximum absolute atomic E-state index is 13.0. The molecule has 158 valence electrons. The lowest BCUT2D eigenvalue weighted by molar-refractivity contribution is 0.101. The number of halogens is 1. The van der Waals surface area contributed by atoms with Crippen LogP contribution in [0.2, 0.25) is 0 Å². The molecule has 4 rings (SSSR count). The number of carbonyl (C=O) groups is 1. The summed E-state index contributed by atoms with van der Waals surface area (Å²) in [4.78, 5) is 16.8. The highest BCUT2D eigenvalue weighted by Crippen LogP contribution is 2.19. The van der Waals surface area contributed by atoms with Crippen molar-refractivity contribution >= 4 is 11.9 Å². The molecule has 2 aromatic heterocycles. The zero-order valence-corrected chi connectivity index (χ0v) is 17.0. The van der Waals surface area contributed by atoms with Crippen LogP contribution in [0.5, 0.6) is 5.75 Å². The van der Waals surface area contributed by atoms with Gasteiger partial charge in [0.1, 0.15) is 30.3 Å². The minimum atomic E-state index is -0.501. The van der Waals surface area contributed by atoms with E-state index >= 15 is 0 Å². The predicted molar refractivity (Wildman–Crippen MR) is 110 cm³/mol. The maximum Gasteiger partial charge on any atom is 0.280 e. The first-order valence-corrected chi connectivity index (χ1v) is 9.58. The van der Waals surface area contributed by atoms with Crippen LogP contribution in [0.3, 0.4) is 0 Å². The van der Waals surface area contributed by atoms with E-state index in [2.05, 4.69) is 20.6 Å². The van der Waals surface area contributed by atoms with Gasteiger partial charge in [-0.1, -0.05) is 29.4 Å². The highest BCUT2D eigenvalue weighted by atomic mass is 19.1. The molecule has 0 aliphatic rings. The maximum atomic E-state index is 13.0. The minimum absolute atomic E-state index is 0.111. The second kappa shape index (κ2) is 8.78. The van der Waals surface area contributed by atoms with Gasteiger partial charge in [0, 0.05) is 0 Å². The van der Waals surface area contributed by atoms with Gasteiger partial charge in [-0.15, -0.1) is 5.10 Å². The Morgan fingerprint density at radius 3 is 2.77 bits per heavy atom. The average molecular weight is 421 g/mol. The fourth-order valence-corrected chi connectivity index (χ4v) is 2.97. The van der Waals surface area contributed by atoms with Gasteiger partial charge >= 0.3 is 0 Å². The third-order valence-corrected chi connectivity index (χ3v) is 4.59. The van der Waals surface area contributed by atoms with Crippen molar-refractivity contribution in [3.8, 4) is 5.75 Å². The van der Waals surface area contributed by atoms with Gasteiger partial charge in [0.05, 0.1) is 12.1 Å². The number of carbonyl (C=O) groups excluding carboxylic acids is 1. The van der Waals surface area contributed by atoms with E-state index in [1.54, 1.807) is 23.7 Å². The first kappa shape index (κ1) is 20.3. The lowest BCUT2D eigenvalue weighted by atomic mass is 10.2. The largest absolute Gasteiger partial charge is 0.489 e. The van der Waals surface area contributed by atoms with Crippen molar-refractivity contribution in [2.75, 3.05) is 5.32 Å². The molecule has 0 bridgehead atoms. The van der Waals surface area contributed by atoms with Gasteiger partial charge in [0.15, 0.2) is 5.69 Å². The number of aryl methyl sites for hydroxylation is 2. The number of hydrogen-bond donors (Lipinski definition) is 1. The summed E-state index contributed by atoms with van der Waals surface area (Å²) in [5, 5.41) is 10.7. The van der Waals surface area contributed by atoms with Crippen molar-refractivity contribution in [1.29, 1.82) is 0 Å². The van der Waals surface area contributed by atoms with Crippen LogP contribution >= 0.6 is 0 Å². The van der Waals surface area contributed by atoms with Crippen LogP contribution in [0.4, 0.5) is 10.3 Å². The monoisotopic (exact) mass is 421 g/mol. The van der Waals surface area contributed by atoms with Crippen molar-refractivity contribution in [2.45, 2.75) is 27.0 Å². The molecule has 4 aromatic rings. The zero-order valence-electron chi connectivity index (χ0n) is 17.0. The summed E-state index contributed by atoms with van der Waals surface area (Å²) in [6.07, 6.45) is 1.48. The highest BCUT2D eigenvalue weighted by Gasteiger charge is 2.21. The molecule has 0 spiro atoms. The molecule has 2 aromatic carbocycles. The van der Waals surface area contributed by atoms with Crippen LogP contribution in [-0.4, -0.2) is 25.8 Å². The van der Waals surface area contributed by atoms with E-state index in [9.17, 15) is 9.18 Å². The molecule has 2 heterocycles.